The summed E-state index contributed by atoms with van der Waals surface area (Å²) in [6.07, 6.45) is 1.68. The van der Waals surface area contributed by atoms with E-state index in [2.05, 4.69) is 17.2 Å². The fraction of sp³-hybridized carbons (Fsp3) is 0.375. The first-order chi connectivity index (χ1) is 10.7. The van der Waals surface area contributed by atoms with E-state index in [1.54, 1.807) is 13.3 Å². The lowest BCUT2D eigenvalue weighted by molar-refractivity contribution is 0.0660. The molecular formula is C16H19N3O2S. The van der Waals surface area contributed by atoms with Gasteiger partial charge in [0, 0.05) is 31.2 Å². The molecule has 2 aromatic rings. The number of rotatable bonds is 3. The zero-order valence-electron chi connectivity index (χ0n) is 12.7. The van der Waals surface area contributed by atoms with E-state index in [0.717, 1.165) is 36.0 Å². The van der Waals surface area contributed by atoms with Crippen LogP contribution in [0.15, 0.2) is 30.5 Å². The predicted octanol–water partition coefficient (Wildman–Crippen LogP) is 2.25. The Morgan fingerprint density at radius 3 is 2.86 bits per heavy atom. The normalized spacial score (nSPS) is 18.3. The topological polar surface area (TPSA) is 54.5 Å². The van der Waals surface area contributed by atoms with Crippen LogP contribution in [0.1, 0.15) is 16.6 Å². The summed E-state index contributed by atoms with van der Waals surface area (Å²) in [6.45, 7) is 4.50. The van der Waals surface area contributed by atoms with E-state index in [1.807, 2.05) is 29.2 Å². The van der Waals surface area contributed by atoms with Gasteiger partial charge < -0.3 is 15.0 Å². The van der Waals surface area contributed by atoms with Crippen LogP contribution in [0.2, 0.25) is 0 Å². The number of hydrogen-bond acceptors (Lipinski definition) is 5. The van der Waals surface area contributed by atoms with Gasteiger partial charge in [-0.25, -0.2) is 4.98 Å². The number of benzene rings is 1. The molecule has 0 aliphatic carbocycles. The minimum Gasteiger partial charge on any atom is -0.497 e. The lowest BCUT2D eigenvalue weighted by Crippen LogP contribution is -2.52. The second-order valence-electron chi connectivity index (χ2n) is 5.31. The Morgan fingerprint density at radius 2 is 2.18 bits per heavy atom. The monoisotopic (exact) mass is 317 g/mol. The average molecular weight is 317 g/mol. The summed E-state index contributed by atoms with van der Waals surface area (Å²) in [5.41, 5.74) is 0.998. The largest absolute Gasteiger partial charge is 0.497 e. The van der Waals surface area contributed by atoms with E-state index >= 15 is 0 Å². The van der Waals surface area contributed by atoms with E-state index in [4.69, 9.17) is 4.74 Å². The highest BCUT2D eigenvalue weighted by atomic mass is 32.1. The maximum absolute atomic E-state index is 12.6. The van der Waals surface area contributed by atoms with Crippen LogP contribution in [0, 0.1) is 0 Å². The number of carbonyl (C=O) groups excluding carboxylic acids is 1. The van der Waals surface area contributed by atoms with Crippen molar-refractivity contribution in [3.63, 3.8) is 0 Å². The zero-order valence-corrected chi connectivity index (χ0v) is 13.5. The second kappa shape index (κ2) is 6.46. The minimum absolute atomic E-state index is 0.0752. The number of hydrogen-bond donors (Lipinski definition) is 1. The molecule has 1 aromatic carbocycles. The van der Waals surface area contributed by atoms with Crippen LogP contribution in [-0.4, -0.2) is 48.6 Å². The van der Waals surface area contributed by atoms with Gasteiger partial charge in [0.1, 0.15) is 15.6 Å². The molecule has 0 bridgehead atoms. The lowest BCUT2D eigenvalue weighted by Gasteiger charge is -2.33. The maximum atomic E-state index is 12.6. The number of nitrogens with one attached hydrogen (secondary N) is 1. The first-order valence-electron chi connectivity index (χ1n) is 7.31. The summed E-state index contributed by atoms with van der Waals surface area (Å²) in [5, 5.41) is 4.15. The van der Waals surface area contributed by atoms with Crippen LogP contribution in [-0.2, 0) is 0 Å². The molecule has 1 atom stereocenters. The SMILES string of the molecule is COc1ccc(-c2ncc(C(=O)N3CCNCC3C)s2)cc1. The van der Waals surface area contributed by atoms with E-state index in [0.29, 0.717) is 4.88 Å². The summed E-state index contributed by atoms with van der Waals surface area (Å²) in [7, 11) is 1.64. The highest BCUT2D eigenvalue weighted by molar-refractivity contribution is 7.16. The van der Waals surface area contributed by atoms with Crippen molar-refractivity contribution < 1.29 is 9.53 Å². The zero-order chi connectivity index (χ0) is 15.5. The quantitative estimate of drug-likeness (QED) is 0.943. The first-order valence-corrected chi connectivity index (χ1v) is 8.12. The Balaban J connectivity index is 1.79. The van der Waals surface area contributed by atoms with Crippen LogP contribution in [0.3, 0.4) is 0 Å². The molecule has 1 aliphatic heterocycles. The van der Waals surface area contributed by atoms with Gasteiger partial charge in [0.25, 0.3) is 5.91 Å². The van der Waals surface area contributed by atoms with Crippen molar-refractivity contribution in [2.75, 3.05) is 26.7 Å². The van der Waals surface area contributed by atoms with E-state index < -0.39 is 0 Å². The summed E-state index contributed by atoms with van der Waals surface area (Å²) in [4.78, 5) is 19.6. The van der Waals surface area contributed by atoms with Crippen molar-refractivity contribution in [2.45, 2.75) is 13.0 Å². The third kappa shape index (κ3) is 2.98. The molecule has 0 radical (unpaired) electrons. The lowest BCUT2D eigenvalue weighted by atomic mass is 10.2. The fourth-order valence-electron chi connectivity index (χ4n) is 2.52. The van der Waals surface area contributed by atoms with Crippen molar-refractivity contribution in [1.29, 1.82) is 0 Å². The molecule has 1 aromatic heterocycles. The number of nitrogens with zero attached hydrogens (tertiary/aromatic N) is 2. The fourth-order valence-corrected chi connectivity index (χ4v) is 3.40. The predicted molar refractivity (Wildman–Crippen MR) is 87.5 cm³/mol. The van der Waals surface area contributed by atoms with Gasteiger partial charge in [-0.2, -0.15) is 0 Å². The standard InChI is InChI=1S/C16H19N3O2S/c1-11-9-17-7-8-19(11)16(20)14-10-18-15(22-14)12-3-5-13(21-2)6-4-12/h3-6,10-11,17H,7-9H2,1-2H3. The van der Waals surface area contributed by atoms with Gasteiger partial charge in [-0.15, -0.1) is 11.3 Å². The molecule has 1 unspecified atom stereocenters. The van der Waals surface area contributed by atoms with Crippen molar-refractivity contribution in [1.82, 2.24) is 15.2 Å². The molecule has 5 nitrogen and oxygen atoms in total. The highest BCUT2D eigenvalue weighted by Gasteiger charge is 2.25. The molecule has 0 spiro atoms. The van der Waals surface area contributed by atoms with Crippen LogP contribution < -0.4 is 10.1 Å². The first kappa shape index (κ1) is 15.0. The Morgan fingerprint density at radius 1 is 1.41 bits per heavy atom. The Hall–Kier alpha value is -1.92. The van der Waals surface area contributed by atoms with Gasteiger partial charge in [0.2, 0.25) is 0 Å². The number of amides is 1. The second-order valence-corrected chi connectivity index (χ2v) is 6.34. The van der Waals surface area contributed by atoms with Crippen LogP contribution >= 0.6 is 11.3 Å². The Labute approximate surface area is 133 Å². The molecule has 3 rings (SSSR count). The van der Waals surface area contributed by atoms with Gasteiger partial charge in [-0.05, 0) is 31.2 Å². The van der Waals surface area contributed by atoms with E-state index in [9.17, 15) is 4.79 Å². The van der Waals surface area contributed by atoms with Gasteiger partial charge in [-0.3, -0.25) is 4.79 Å². The van der Waals surface area contributed by atoms with Gasteiger partial charge in [0.15, 0.2) is 0 Å². The molecule has 1 aliphatic rings. The minimum atomic E-state index is 0.0752. The van der Waals surface area contributed by atoms with Gasteiger partial charge in [0.05, 0.1) is 13.3 Å². The van der Waals surface area contributed by atoms with E-state index in [1.165, 1.54) is 11.3 Å². The summed E-state index contributed by atoms with van der Waals surface area (Å²) >= 11 is 1.44. The molecule has 0 saturated carbocycles. The number of carbonyl (C=O) groups is 1. The number of thiazole rings is 1. The van der Waals surface area contributed by atoms with E-state index in [-0.39, 0.29) is 11.9 Å². The van der Waals surface area contributed by atoms with Gasteiger partial charge >= 0.3 is 0 Å². The molecule has 1 amide bonds. The number of piperazine rings is 1. The average Bonchev–Trinajstić information content (AvgIpc) is 3.05. The number of aromatic nitrogens is 1. The molecule has 1 fully saturated rings. The third-order valence-corrected chi connectivity index (χ3v) is 4.85. The number of ether oxygens (including phenoxy) is 1. The molecule has 1 saturated heterocycles. The Bertz CT molecular complexity index is 654. The maximum Gasteiger partial charge on any atom is 0.265 e. The molecule has 22 heavy (non-hydrogen) atoms. The molecule has 6 heteroatoms. The van der Waals surface area contributed by atoms with Crippen molar-refractivity contribution in [2.24, 2.45) is 0 Å². The summed E-state index contributed by atoms with van der Waals surface area (Å²) in [5.74, 6) is 0.887. The molecular weight excluding hydrogens is 298 g/mol. The summed E-state index contributed by atoms with van der Waals surface area (Å²) < 4.78 is 5.16. The molecule has 1 N–H and O–H groups in total. The van der Waals surface area contributed by atoms with Crippen molar-refractivity contribution in [3.05, 3.63) is 35.3 Å². The summed E-state index contributed by atoms with van der Waals surface area (Å²) in [6, 6.07) is 7.93. The molecule has 116 valence electrons. The van der Waals surface area contributed by atoms with Crippen LogP contribution in [0.25, 0.3) is 10.6 Å². The van der Waals surface area contributed by atoms with Crippen molar-refractivity contribution in [3.8, 4) is 16.3 Å². The Kier molecular flexibility index (Phi) is 4.40. The number of methoxy groups -OCH3 is 1. The third-order valence-electron chi connectivity index (χ3n) is 3.82. The van der Waals surface area contributed by atoms with Gasteiger partial charge in [-0.1, -0.05) is 0 Å². The molecule has 2 heterocycles. The van der Waals surface area contributed by atoms with Crippen LogP contribution in [0.5, 0.6) is 5.75 Å². The van der Waals surface area contributed by atoms with Crippen LogP contribution in [0.4, 0.5) is 0 Å². The van der Waals surface area contributed by atoms with Crippen molar-refractivity contribution >= 4 is 17.2 Å². The smallest absolute Gasteiger partial charge is 0.265 e. The highest BCUT2D eigenvalue weighted by Crippen LogP contribution is 2.27.